The van der Waals surface area contributed by atoms with E-state index in [0.29, 0.717) is 22.1 Å². The number of fused-ring (bicyclic) bond motifs is 2. The van der Waals surface area contributed by atoms with Gasteiger partial charge in [-0.05, 0) is 55.4 Å². The minimum absolute atomic E-state index is 0.145. The van der Waals surface area contributed by atoms with Crippen LogP contribution in [0.2, 0.25) is 0 Å². The maximum atomic E-state index is 13.6. The normalized spacial score (nSPS) is 14.5. The Kier molecular flexibility index (Phi) is 6.73. The van der Waals surface area contributed by atoms with Gasteiger partial charge in [0.1, 0.15) is 17.5 Å². The Hall–Kier alpha value is -1.66. The summed E-state index contributed by atoms with van der Waals surface area (Å²) in [5.41, 5.74) is 1.98. The number of aromatic nitrogens is 2. The third kappa shape index (κ3) is 3.76. The van der Waals surface area contributed by atoms with Crippen LogP contribution < -0.4 is 5.44 Å². The molecule has 1 heterocycles. The molecule has 1 N–H and O–H groups in total. The lowest BCUT2D eigenvalue weighted by Crippen LogP contribution is -2.49. The molecule has 2 aromatic rings. The van der Waals surface area contributed by atoms with Gasteiger partial charge in [-0.25, -0.2) is 0 Å². The van der Waals surface area contributed by atoms with Crippen LogP contribution in [0.4, 0.5) is 0 Å². The first-order valence-corrected chi connectivity index (χ1v) is 13.6. The molecule has 0 spiro atoms. The fraction of sp³-hybridized carbons (Fsp3) is 0.522. The van der Waals surface area contributed by atoms with E-state index in [1.54, 1.807) is 24.3 Å². The van der Waals surface area contributed by atoms with E-state index in [1.807, 2.05) is 0 Å². The van der Waals surface area contributed by atoms with E-state index in [0.717, 1.165) is 0 Å². The number of nitrogens with one attached hydrogen (secondary N) is 1. The van der Waals surface area contributed by atoms with Crippen LogP contribution in [0.25, 0.3) is 0 Å². The van der Waals surface area contributed by atoms with Crippen molar-refractivity contribution in [2.45, 2.75) is 79.6 Å². The first-order valence-electron chi connectivity index (χ1n) is 10.9. The molecule has 8 heteroatoms. The first kappa shape index (κ1) is 24.0. The third-order valence-corrected chi connectivity index (χ3v) is 11.3. The van der Waals surface area contributed by atoms with Crippen molar-refractivity contribution in [1.29, 1.82) is 0 Å². The molecule has 1 aromatic heterocycles. The molecular formula is C23H33N4O2PS. The van der Waals surface area contributed by atoms with Gasteiger partial charge in [-0.3, -0.25) is 24.0 Å². The monoisotopic (exact) mass is 460 g/mol. The molecule has 3 rings (SSSR count). The van der Waals surface area contributed by atoms with Gasteiger partial charge in [-0.2, -0.15) is 5.10 Å². The summed E-state index contributed by atoms with van der Waals surface area (Å²) < 4.78 is 4.66. The molecule has 31 heavy (non-hydrogen) atoms. The quantitative estimate of drug-likeness (QED) is 0.529. The zero-order valence-electron chi connectivity index (χ0n) is 19.6. The molecule has 0 amide bonds. The minimum atomic E-state index is -2.70. The van der Waals surface area contributed by atoms with Crippen molar-refractivity contribution >= 4 is 35.1 Å². The number of carbonyl (C=O) groups is 2. The second-order valence-electron chi connectivity index (χ2n) is 9.18. The number of ketones is 2. The van der Waals surface area contributed by atoms with Crippen molar-refractivity contribution in [2.24, 2.45) is 0 Å². The van der Waals surface area contributed by atoms with Crippen molar-refractivity contribution in [1.82, 2.24) is 19.5 Å². The molecule has 0 atom stereocenters. The molecule has 1 aliphatic carbocycles. The Morgan fingerprint density at radius 3 is 1.65 bits per heavy atom. The lowest BCUT2D eigenvalue weighted by atomic mass is 9.88. The van der Waals surface area contributed by atoms with Crippen LogP contribution in [0.5, 0.6) is 0 Å². The zero-order valence-corrected chi connectivity index (χ0v) is 21.3. The smallest absolute Gasteiger partial charge is 0.214 e. The Labute approximate surface area is 190 Å². The summed E-state index contributed by atoms with van der Waals surface area (Å²) in [5.74, 6) is -0.404. The molecule has 0 unspecified atom stereocenters. The van der Waals surface area contributed by atoms with Gasteiger partial charge in [0.25, 0.3) is 0 Å². The average molecular weight is 461 g/mol. The van der Waals surface area contributed by atoms with Crippen LogP contribution in [0, 0.1) is 0 Å². The summed E-state index contributed by atoms with van der Waals surface area (Å²) >= 11 is 6.57. The summed E-state index contributed by atoms with van der Waals surface area (Å²) in [7, 11) is 0. The summed E-state index contributed by atoms with van der Waals surface area (Å²) in [6.45, 7) is 17.0. The molecule has 0 fully saturated rings. The van der Waals surface area contributed by atoms with Crippen LogP contribution in [0.15, 0.2) is 24.3 Å². The number of nitrogens with zero attached hydrogens (tertiary/aromatic N) is 3. The second kappa shape index (κ2) is 8.70. The third-order valence-electron chi connectivity index (χ3n) is 5.64. The number of H-pyrrole nitrogens is 1. The van der Waals surface area contributed by atoms with Crippen LogP contribution in [0.3, 0.4) is 0 Å². The van der Waals surface area contributed by atoms with E-state index >= 15 is 0 Å². The van der Waals surface area contributed by atoms with Gasteiger partial charge in [0.05, 0.1) is 5.56 Å². The zero-order chi connectivity index (χ0) is 23.2. The molecule has 0 saturated carbocycles. The Balaban J connectivity index is 2.36. The summed E-state index contributed by atoms with van der Waals surface area (Å²) in [6, 6.07) is 7.53. The molecule has 0 saturated heterocycles. The highest BCUT2D eigenvalue weighted by atomic mass is 32.4. The van der Waals surface area contributed by atoms with Crippen molar-refractivity contribution < 1.29 is 9.59 Å². The van der Waals surface area contributed by atoms with Gasteiger partial charge in [-0.1, -0.05) is 36.1 Å². The number of hydrogen-bond acceptors (Lipinski definition) is 4. The fourth-order valence-corrected chi connectivity index (χ4v) is 11.4. The molecule has 1 aliphatic rings. The first-order chi connectivity index (χ1) is 14.4. The topological polar surface area (TPSA) is 69.3 Å². The maximum absolute atomic E-state index is 13.6. The molecule has 6 nitrogen and oxygen atoms in total. The number of rotatable bonds is 7. The van der Waals surface area contributed by atoms with Gasteiger partial charge in [0.2, 0.25) is 5.78 Å². The van der Waals surface area contributed by atoms with Gasteiger partial charge in [0, 0.05) is 35.3 Å². The number of hydrogen-bond donors (Lipinski definition) is 1. The van der Waals surface area contributed by atoms with Crippen molar-refractivity contribution in [3.8, 4) is 0 Å². The summed E-state index contributed by atoms with van der Waals surface area (Å²) in [4.78, 5) is 26.8. The fourth-order valence-electron chi connectivity index (χ4n) is 4.86. The van der Waals surface area contributed by atoms with E-state index in [4.69, 9.17) is 11.8 Å². The van der Waals surface area contributed by atoms with Gasteiger partial charge in [0.15, 0.2) is 5.78 Å². The van der Waals surface area contributed by atoms with Gasteiger partial charge in [-0.15, -0.1) is 0 Å². The SMILES string of the molecule is CC(C)N(C(C)C)P(=S)(c1[nH]nc2c1C(=O)c1ccccc1C2=O)N(C(C)C)C(C)C. The van der Waals surface area contributed by atoms with E-state index in [2.05, 4.69) is 74.9 Å². The Morgan fingerprint density at radius 1 is 0.806 bits per heavy atom. The lowest BCUT2D eigenvalue weighted by Gasteiger charge is -2.49. The van der Waals surface area contributed by atoms with E-state index in [1.165, 1.54) is 0 Å². The van der Waals surface area contributed by atoms with Crippen LogP contribution in [0.1, 0.15) is 87.4 Å². The molecule has 168 valence electrons. The van der Waals surface area contributed by atoms with E-state index < -0.39 is 6.34 Å². The van der Waals surface area contributed by atoms with Crippen molar-refractivity contribution in [3.63, 3.8) is 0 Å². The standard InChI is InChI=1S/C23H33N4O2PS/c1-13(2)26(14(3)4)30(31,27(15(5)6)16(7)8)23-19-20(24-25-23)22(29)18-12-10-9-11-17(18)21(19)28/h9-16H,1-8H3,(H,24,25). The second-order valence-corrected chi connectivity index (χ2v) is 13.2. The maximum Gasteiger partial charge on any atom is 0.214 e. The Morgan fingerprint density at radius 2 is 1.23 bits per heavy atom. The van der Waals surface area contributed by atoms with Gasteiger partial charge >= 0.3 is 0 Å². The van der Waals surface area contributed by atoms with Gasteiger partial charge < -0.3 is 0 Å². The lowest BCUT2D eigenvalue weighted by molar-refractivity contribution is 0.0977. The highest BCUT2D eigenvalue weighted by Crippen LogP contribution is 2.57. The molecule has 0 bridgehead atoms. The highest BCUT2D eigenvalue weighted by molar-refractivity contribution is 8.15. The molecule has 0 aliphatic heterocycles. The number of carbonyl (C=O) groups excluding carboxylic acids is 2. The summed E-state index contributed by atoms with van der Waals surface area (Å²) in [6.07, 6.45) is -2.70. The van der Waals surface area contributed by atoms with E-state index in [-0.39, 0.29) is 41.4 Å². The van der Waals surface area contributed by atoms with Crippen molar-refractivity contribution in [3.05, 3.63) is 46.6 Å². The minimum Gasteiger partial charge on any atom is -0.288 e. The van der Waals surface area contributed by atoms with Crippen LogP contribution in [-0.2, 0) is 11.8 Å². The predicted octanol–water partition coefficient (Wildman–Crippen LogP) is 4.36. The highest BCUT2D eigenvalue weighted by Gasteiger charge is 2.46. The number of aromatic amines is 1. The molecule has 0 radical (unpaired) electrons. The predicted molar refractivity (Wildman–Crippen MR) is 130 cm³/mol. The van der Waals surface area contributed by atoms with E-state index in [9.17, 15) is 9.59 Å². The number of benzene rings is 1. The molecular weight excluding hydrogens is 427 g/mol. The largest absolute Gasteiger partial charge is 0.288 e. The van der Waals surface area contributed by atoms with Crippen LogP contribution in [-0.4, -0.2) is 55.3 Å². The Bertz CT molecular complexity index is 1020. The van der Waals surface area contributed by atoms with Crippen molar-refractivity contribution in [2.75, 3.05) is 0 Å². The van der Waals surface area contributed by atoms with Crippen LogP contribution >= 0.6 is 6.34 Å². The summed E-state index contributed by atoms with van der Waals surface area (Å²) in [5, 5.41) is 7.47. The average Bonchev–Trinajstić information content (AvgIpc) is 3.11. The molecule has 1 aromatic carbocycles.